The summed E-state index contributed by atoms with van der Waals surface area (Å²) in [7, 11) is -3.19. The van der Waals surface area contributed by atoms with Crippen molar-refractivity contribution < 1.29 is 8.42 Å². The minimum absolute atomic E-state index is 0.0460. The van der Waals surface area contributed by atoms with Crippen molar-refractivity contribution >= 4 is 15.5 Å². The van der Waals surface area contributed by atoms with E-state index < -0.39 is 9.84 Å². The van der Waals surface area contributed by atoms with Crippen LogP contribution in [0.15, 0.2) is 63.8 Å². The van der Waals surface area contributed by atoms with Crippen molar-refractivity contribution in [3.63, 3.8) is 0 Å². The maximum Gasteiger partial charge on any atom is 0.175 e. The number of benzene rings is 2. The fraction of sp³-hybridized carbons (Fsp3) is 0.250. The number of aryl methyl sites for hydroxylation is 1. The highest BCUT2D eigenvalue weighted by molar-refractivity contribution is 7.90. The zero-order valence-electron chi connectivity index (χ0n) is 12.5. The lowest BCUT2D eigenvalue weighted by molar-refractivity contribution is 0.602. The van der Waals surface area contributed by atoms with E-state index in [1.807, 2.05) is 5.01 Å². The molecule has 22 heavy (non-hydrogen) atoms. The van der Waals surface area contributed by atoms with E-state index in [-0.39, 0.29) is 6.04 Å². The summed E-state index contributed by atoms with van der Waals surface area (Å²) in [6.45, 7) is 2.64. The highest BCUT2D eigenvalue weighted by Gasteiger charge is 2.25. The van der Waals surface area contributed by atoms with Crippen molar-refractivity contribution in [2.45, 2.75) is 17.9 Å². The first-order chi connectivity index (χ1) is 10.4. The molecule has 2 aromatic carbocycles. The molecular formula is C16H17N3O2S. The van der Waals surface area contributed by atoms with Crippen molar-refractivity contribution in [3.05, 3.63) is 59.7 Å². The van der Waals surface area contributed by atoms with E-state index in [2.05, 4.69) is 41.5 Å². The maximum atomic E-state index is 11.5. The summed E-state index contributed by atoms with van der Waals surface area (Å²) >= 11 is 0. The summed E-state index contributed by atoms with van der Waals surface area (Å²) in [6.07, 6.45) is 1.20. The van der Waals surface area contributed by atoms with Gasteiger partial charge in [-0.15, -0.1) is 0 Å². The molecule has 0 N–H and O–H groups in total. The van der Waals surface area contributed by atoms with Crippen LogP contribution in [0.4, 0.5) is 5.69 Å². The van der Waals surface area contributed by atoms with Crippen LogP contribution in [0.2, 0.25) is 0 Å². The van der Waals surface area contributed by atoms with Gasteiger partial charge in [-0.25, -0.2) is 13.4 Å². The Hall–Kier alpha value is -2.21. The molecule has 0 saturated carbocycles. The summed E-state index contributed by atoms with van der Waals surface area (Å²) in [5.41, 5.74) is 3.18. The maximum absolute atomic E-state index is 11.5. The normalized spacial score (nSPS) is 17.9. The van der Waals surface area contributed by atoms with Gasteiger partial charge < -0.3 is 0 Å². The Labute approximate surface area is 130 Å². The first-order valence-electron chi connectivity index (χ1n) is 6.98. The highest BCUT2D eigenvalue weighted by atomic mass is 32.2. The van der Waals surface area contributed by atoms with Gasteiger partial charge in [0.25, 0.3) is 0 Å². The lowest BCUT2D eigenvalue weighted by atomic mass is 10.0. The van der Waals surface area contributed by atoms with Crippen LogP contribution in [0, 0.1) is 6.92 Å². The smallest absolute Gasteiger partial charge is 0.175 e. The predicted octanol–water partition coefficient (Wildman–Crippen LogP) is 3.33. The Balaban J connectivity index is 1.90. The third-order valence-corrected chi connectivity index (χ3v) is 4.83. The molecular weight excluding hydrogens is 298 g/mol. The number of hydrogen-bond acceptors (Lipinski definition) is 5. The second kappa shape index (κ2) is 5.53. The minimum Gasteiger partial charge on any atom is -0.238 e. The molecule has 0 bridgehead atoms. The zero-order chi connectivity index (χ0) is 15.7. The van der Waals surface area contributed by atoms with Crippen LogP contribution in [0.5, 0.6) is 0 Å². The summed E-state index contributed by atoms with van der Waals surface area (Å²) in [5.74, 6) is 0. The van der Waals surface area contributed by atoms with Crippen molar-refractivity contribution in [3.8, 4) is 0 Å². The molecule has 1 unspecified atom stereocenters. The number of rotatable bonds is 3. The lowest BCUT2D eigenvalue weighted by Gasteiger charge is -2.22. The number of anilines is 1. The van der Waals surface area contributed by atoms with Crippen molar-refractivity contribution in [1.29, 1.82) is 0 Å². The average molecular weight is 315 g/mol. The number of nitrogens with zero attached hydrogens (tertiary/aromatic N) is 3. The van der Waals surface area contributed by atoms with Crippen LogP contribution in [0.3, 0.4) is 0 Å². The van der Waals surface area contributed by atoms with E-state index in [1.54, 1.807) is 24.3 Å². The van der Waals surface area contributed by atoms with Crippen LogP contribution in [-0.2, 0) is 9.84 Å². The molecule has 3 rings (SSSR count). The molecule has 1 atom stereocenters. The SMILES string of the molecule is Cc1ccc(C2CN=NN2c2ccc(S(C)(=O)=O)cc2)cc1. The molecule has 1 heterocycles. The van der Waals surface area contributed by atoms with Gasteiger partial charge in [0.15, 0.2) is 9.84 Å². The van der Waals surface area contributed by atoms with Gasteiger partial charge in [-0.1, -0.05) is 35.1 Å². The molecule has 0 spiro atoms. The van der Waals surface area contributed by atoms with Gasteiger partial charge in [-0.2, -0.15) is 5.11 Å². The molecule has 6 heteroatoms. The van der Waals surface area contributed by atoms with Gasteiger partial charge in [-0.3, -0.25) is 0 Å². The van der Waals surface area contributed by atoms with Crippen molar-refractivity contribution in [1.82, 2.24) is 0 Å². The Kier molecular flexibility index (Phi) is 3.70. The van der Waals surface area contributed by atoms with Crippen LogP contribution in [0.25, 0.3) is 0 Å². The van der Waals surface area contributed by atoms with Crippen LogP contribution < -0.4 is 5.01 Å². The van der Waals surface area contributed by atoms with Crippen molar-refractivity contribution in [2.75, 3.05) is 17.8 Å². The number of sulfone groups is 1. The van der Waals surface area contributed by atoms with E-state index in [0.717, 1.165) is 11.3 Å². The molecule has 2 aromatic rings. The van der Waals surface area contributed by atoms with E-state index in [1.165, 1.54) is 11.8 Å². The fourth-order valence-corrected chi connectivity index (χ4v) is 3.07. The number of hydrogen-bond donors (Lipinski definition) is 0. The fourth-order valence-electron chi connectivity index (χ4n) is 2.43. The topological polar surface area (TPSA) is 62.1 Å². The molecule has 0 radical (unpaired) electrons. The molecule has 1 aliphatic heterocycles. The zero-order valence-corrected chi connectivity index (χ0v) is 13.3. The minimum atomic E-state index is -3.19. The van der Waals surface area contributed by atoms with Gasteiger partial charge in [0, 0.05) is 6.26 Å². The Morgan fingerprint density at radius 3 is 2.27 bits per heavy atom. The molecule has 114 valence electrons. The van der Waals surface area contributed by atoms with Crippen LogP contribution in [-0.4, -0.2) is 21.2 Å². The molecule has 0 aromatic heterocycles. The average Bonchev–Trinajstić information content (AvgIpc) is 2.97. The van der Waals surface area contributed by atoms with Gasteiger partial charge in [0.2, 0.25) is 0 Å². The molecule has 0 saturated heterocycles. The predicted molar refractivity (Wildman–Crippen MR) is 85.7 cm³/mol. The molecule has 1 aliphatic rings. The Morgan fingerprint density at radius 1 is 1.05 bits per heavy atom. The first-order valence-corrected chi connectivity index (χ1v) is 8.87. The quantitative estimate of drug-likeness (QED) is 0.873. The van der Waals surface area contributed by atoms with Crippen LogP contribution >= 0.6 is 0 Å². The third kappa shape index (κ3) is 2.87. The molecule has 5 nitrogen and oxygen atoms in total. The molecule has 0 fully saturated rings. The standard InChI is InChI=1S/C16H17N3O2S/c1-12-3-5-13(6-4-12)16-11-17-18-19(16)14-7-9-15(10-8-14)22(2,20)21/h3-10,16H,11H2,1-2H3. The third-order valence-electron chi connectivity index (χ3n) is 3.70. The second-order valence-corrected chi connectivity index (χ2v) is 7.47. The van der Waals surface area contributed by atoms with Crippen molar-refractivity contribution in [2.24, 2.45) is 10.3 Å². The summed E-state index contributed by atoms with van der Waals surface area (Å²) in [6, 6.07) is 15.1. The highest BCUT2D eigenvalue weighted by Crippen LogP contribution is 2.32. The summed E-state index contributed by atoms with van der Waals surface area (Å²) < 4.78 is 23.1. The summed E-state index contributed by atoms with van der Waals surface area (Å²) in [4.78, 5) is 0.305. The summed E-state index contributed by atoms with van der Waals surface area (Å²) in [5, 5.41) is 10.1. The van der Waals surface area contributed by atoms with Crippen LogP contribution in [0.1, 0.15) is 17.2 Å². The lowest BCUT2D eigenvalue weighted by Crippen LogP contribution is -2.20. The second-order valence-electron chi connectivity index (χ2n) is 5.45. The largest absolute Gasteiger partial charge is 0.238 e. The van der Waals surface area contributed by atoms with E-state index in [0.29, 0.717) is 11.4 Å². The van der Waals surface area contributed by atoms with Gasteiger partial charge in [0.05, 0.1) is 17.1 Å². The van der Waals surface area contributed by atoms with Gasteiger partial charge in [0.1, 0.15) is 6.04 Å². The first kappa shape index (κ1) is 14.7. The van der Waals surface area contributed by atoms with E-state index in [4.69, 9.17) is 0 Å². The molecule has 0 aliphatic carbocycles. The molecule has 0 amide bonds. The van der Waals surface area contributed by atoms with E-state index >= 15 is 0 Å². The Bertz CT molecular complexity index is 796. The van der Waals surface area contributed by atoms with Gasteiger partial charge >= 0.3 is 0 Å². The monoisotopic (exact) mass is 315 g/mol. The Morgan fingerprint density at radius 2 is 1.68 bits per heavy atom. The van der Waals surface area contributed by atoms with E-state index in [9.17, 15) is 8.42 Å². The van der Waals surface area contributed by atoms with Gasteiger partial charge in [-0.05, 0) is 36.8 Å².